The summed E-state index contributed by atoms with van der Waals surface area (Å²) in [5, 5.41) is 18.6. The van der Waals surface area contributed by atoms with E-state index in [1.54, 1.807) is 54.6 Å². The van der Waals surface area contributed by atoms with Gasteiger partial charge in [-0.05, 0) is 55.5 Å². The maximum absolute atomic E-state index is 15.3. The molecule has 2 saturated heterocycles. The number of hydrogen-bond acceptors (Lipinski definition) is 7. The van der Waals surface area contributed by atoms with E-state index in [4.69, 9.17) is 16.3 Å². The topological polar surface area (TPSA) is 150 Å². The number of anilines is 1. The summed E-state index contributed by atoms with van der Waals surface area (Å²) in [5.74, 6) is -1.36. The van der Waals surface area contributed by atoms with Crippen molar-refractivity contribution in [3.05, 3.63) is 89.0 Å². The standard InChI is InChI=1S/C31H35ClFN5O6S/c32-22-8-6-21(7-9-22)31(12-16-44-17-13-31)28(37-30(40)41)29(39)36-27-20-35-19-26(33)25(27)11-10-23-18-34-14-15-38(23)45(42,43)24-4-2-1-3-5-24/h1-9,19-20,23,28,34,37H,10-18H2,(H,36,39)(H,40,41)/t23-,28+/m0/s1. The summed E-state index contributed by atoms with van der Waals surface area (Å²) in [6, 6.07) is 13.3. The Morgan fingerprint density at radius 3 is 2.53 bits per heavy atom. The fourth-order valence-corrected chi connectivity index (χ4v) is 8.01. The van der Waals surface area contributed by atoms with Crippen molar-refractivity contribution in [2.45, 2.75) is 48.1 Å². The predicted molar refractivity (Wildman–Crippen MR) is 166 cm³/mol. The van der Waals surface area contributed by atoms with E-state index in [1.807, 2.05) is 0 Å². The number of hydrogen-bond donors (Lipinski definition) is 4. The largest absolute Gasteiger partial charge is 0.465 e. The van der Waals surface area contributed by atoms with Gasteiger partial charge in [0.25, 0.3) is 0 Å². The number of piperazine rings is 1. The Morgan fingerprint density at radius 2 is 1.84 bits per heavy atom. The summed E-state index contributed by atoms with van der Waals surface area (Å²) in [7, 11) is -3.79. The Morgan fingerprint density at radius 1 is 1.13 bits per heavy atom. The number of carbonyl (C=O) groups excluding carboxylic acids is 1. The zero-order valence-electron chi connectivity index (χ0n) is 24.4. The second kappa shape index (κ2) is 14.2. The lowest BCUT2D eigenvalue weighted by Crippen LogP contribution is -2.58. The van der Waals surface area contributed by atoms with E-state index in [-0.39, 0.29) is 35.5 Å². The molecule has 0 spiro atoms. The van der Waals surface area contributed by atoms with Crippen molar-refractivity contribution in [3.8, 4) is 0 Å². The molecule has 3 heterocycles. The summed E-state index contributed by atoms with van der Waals surface area (Å²) in [6.45, 7) is 1.71. The van der Waals surface area contributed by atoms with Crippen LogP contribution in [0.2, 0.25) is 5.02 Å². The summed E-state index contributed by atoms with van der Waals surface area (Å²) in [5.41, 5.74) is -0.0303. The van der Waals surface area contributed by atoms with Crippen LogP contribution in [0.15, 0.2) is 71.9 Å². The minimum atomic E-state index is -3.79. The van der Waals surface area contributed by atoms with E-state index < -0.39 is 45.3 Å². The fourth-order valence-electron chi connectivity index (χ4n) is 6.21. The zero-order valence-corrected chi connectivity index (χ0v) is 26.0. The lowest BCUT2D eigenvalue weighted by Gasteiger charge is -2.43. The first-order valence-corrected chi connectivity index (χ1v) is 16.5. The SMILES string of the molecule is O=C(O)N[C@H](C(=O)Nc1cncc(F)c1CC[C@H]1CNCCN1S(=O)(=O)c1ccccc1)C1(c2ccc(Cl)cc2)CCOCC1. The van der Waals surface area contributed by atoms with Gasteiger partial charge < -0.3 is 25.8 Å². The molecule has 2 atom stereocenters. The Bertz CT molecular complexity index is 1610. The van der Waals surface area contributed by atoms with Gasteiger partial charge in [-0.3, -0.25) is 9.78 Å². The smallest absolute Gasteiger partial charge is 0.405 e. The third kappa shape index (κ3) is 7.28. The molecule has 1 aromatic heterocycles. The fraction of sp³-hybridized carbons (Fsp3) is 0.387. The summed E-state index contributed by atoms with van der Waals surface area (Å²) in [6.07, 6.45) is 1.99. The zero-order chi connectivity index (χ0) is 32.0. The Hall–Kier alpha value is -3.62. The van der Waals surface area contributed by atoms with Crippen molar-refractivity contribution in [1.82, 2.24) is 19.9 Å². The van der Waals surface area contributed by atoms with E-state index in [0.717, 1.165) is 6.20 Å². The van der Waals surface area contributed by atoms with Crippen molar-refractivity contribution in [2.24, 2.45) is 0 Å². The predicted octanol–water partition coefficient (Wildman–Crippen LogP) is 3.79. The number of ether oxygens (including phenoxy) is 1. The van der Waals surface area contributed by atoms with Crippen molar-refractivity contribution < 1.29 is 32.2 Å². The molecule has 45 heavy (non-hydrogen) atoms. The van der Waals surface area contributed by atoms with Crippen molar-refractivity contribution in [1.29, 1.82) is 0 Å². The number of carboxylic acid groups (broad SMARTS) is 1. The number of sulfonamides is 1. The van der Waals surface area contributed by atoms with Gasteiger partial charge in [0.15, 0.2) is 0 Å². The number of carbonyl (C=O) groups is 2. The van der Waals surface area contributed by atoms with Crippen LogP contribution in [0.25, 0.3) is 0 Å². The molecule has 3 aromatic rings. The van der Waals surface area contributed by atoms with E-state index in [0.29, 0.717) is 49.7 Å². The van der Waals surface area contributed by atoms with Crippen LogP contribution < -0.4 is 16.0 Å². The molecule has 0 bridgehead atoms. The van der Waals surface area contributed by atoms with E-state index in [1.165, 1.54) is 10.5 Å². The molecule has 0 unspecified atom stereocenters. The number of nitrogens with zero attached hydrogens (tertiary/aromatic N) is 2. The third-order valence-corrected chi connectivity index (χ3v) is 10.7. The molecule has 2 aromatic carbocycles. The highest BCUT2D eigenvalue weighted by molar-refractivity contribution is 7.89. The third-order valence-electron chi connectivity index (χ3n) is 8.52. The molecule has 4 N–H and O–H groups in total. The van der Waals surface area contributed by atoms with Crippen molar-refractivity contribution >= 4 is 39.3 Å². The maximum Gasteiger partial charge on any atom is 0.405 e. The van der Waals surface area contributed by atoms with E-state index >= 15 is 4.39 Å². The molecule has 2 aliphatic heterocycles. The Kier molecular flexibility index (Phi) is 10.3. The molecule has 0 saturated carbocycles. The summed E-state index contributed by atoms with van der Waals surface area (Å²) >= 11 is 6.12. The molecule has 2 aliphatic rings. The average Bonchev–Trinajstić information content (AvgIpc) is 3.04. The van der Waals surface area contributed by atoms with Crippen molar-refractivity contribution in [3.63, 3.8) is 0 Å². The second-order valence-corrected chi connectivity index (χ2v) is 13.4. The molecule has 2 amide bonds. The first kappa shape index (κ1) is 32.8. The minimum absolute atomic E-state index is 0.0803. The number of halogens is 2. The average molecular weight is 660 g/mol. The number of nitrogens with one attached hydrogen (secondary N) is 3. The quantitative estimate of drug-likeness (QED) is 0.257. The second-order valence-electron chi connectivity index (χ2n) is 11.1. The monoisotopic (exact) mass is 659 g/mol. The Balaban J connectivity index is 1.40. The molecule has 14 heteroatoms. The van der Waals surface area contributed by atoms with E-state index in [2.05, 4.69) is 20.9 Å². The minimum Gasteiger partial charge on any atom is -0.465 e. The van der Waals surface area contributed by atoms with Crippen LogP contribution >= 0.6 is 11.6 Å². The van der Waals surface area contributed by atoms with Gasteiger partial charge >= 0.3 is 6.09 Å². The van der Waals surface area contributed by atoms with Crippen LogP contribution in [0.3, 0.4) is 0 Å². The van der Waals surface area contributed by atoms with Crippen LogP contribution in [0, 0.1) is 5.82 Å². The summed E-state index contributed by atoms with van der Waals surface area (Å²) in [4.78, 5) is 30.0. The first-order chi connectivity index (χ1) is 21.6. The first-order valence-electron chi connectivity index (χ1n) is 14.7. The number of pyridine rings is 1. The van der Waals surface area contributed by atoms with Gasteiger partial charge in [0.05, 0.1) is 23.0 Å². The normalized spacial score (nSPS) is 19.4. The summed E-state index contributed by atoms with van der Waals surface area (Å²) < 4.78 is 49.2. The van der Waals surface area contributed by atoms with Crippen LogP contribution in [0.1, 0.15) is 30.4 Å². The highest BCUT2D eigenvalue weighted by atomic mass is 35.5. The lowest BCUT2D eigenvalue weighted by atomic mass is 9.68. The maximum atomic E-state index is 15.3. The van der Waals surface area contributed by atoms with Gasteiger partial charge in [-0.2, -0.15) is 4.31 Å². The molecule has 0 aliphatic carbocycles. The van der Waals surface area contributed by atoms with Gasteiger partial charge in [-0.1, -0.05) is 41.9 Å². The molecular weight excluding hydrogens is 625 g/mol. The van der Waals surface area contributed by atoms with Gasteiger partial charge in [0.2, 0.25) is 15.9 Å². The van der Waals surface area contributed by atoms with Crippen LogP contribution in [-0.4, -0.2) is 79.7 Å². The number of benzene rings is 2. The molecule has 11 nitrogen and oxygen atoms in total. The van der Waals surface area contributed by atoms with Crippen LogP contribution in [0.5, 0.6) is 0 Å². The van der Waals surface area contributed by atoms with Gasteiger partial charge in [-0.25, -0.2) is 17.6 Å². The highest BCUT2D eigenvalue weighted by Gasteiger charge is 2.47. The van der Waals surface area contributed by atoms with Crippen LogP contribution in [0.4, 0.5) is 14.9 Å². The molecule has 2 fully saturated rings. The number of aromatic nitrogens is 1. The molecular formula is C31H35ClFN5O6S. The van der Waals surface area contributed by atoms with Crippen LogP contribution in [-0.2, 0) is 31.4 Å². The lowest BCUT2D eigenvalue weighted by molar-refractivity contribution is -0.121. The van der Waals surface area contributed by atoms with E-state index in [9.17, 15) is 23.1 Å². The van der Waals surface area contributed by atoms with Gasteiger partial charge in [-0.15, -0.1) is 0 Å². The molecule has 240 valence electrons. The number of amides is 2. The number of rotatable bonds is 10. The van der Waals surface area contributed by atoms with Crippen molar-refractivity contribution in [2.75, 3.05) is 38.2 Å². The van der Waals surface area contributed by atoms with Gasteiger partial charge in [0.1, 0.15) is 11.9 Å². The molecule has 0 radical (unpaired) electrons. The van der Waals surface area contributed by atoms with Gasteiger partial charge in [0, 0.05) is 54.9 Å². The molecule has 5 rings (SSSR count). The highest BCUT2D eigenvalue weighted by Crippen LogP contribution is 2.39. The Labute approximate surface area is 266 Å².